The third kappa shape index (κ3) is 3.98. The van der Waals surface area contributed by atoms with Crippen LogP contribution in [0.5, 0.6) is 5.75 Å². The first-order valence-corrected chi connectivity index (χ1v) is 8.26. The number of hydrogen-bond acceptors (Lipinski definition) is 3. The maximum Gasteiger partial charge on any atom is 0.123 e. The minimum atomic E-state index is 0.595. The summed E-state index contributed by atoms with van der Waals surface area (Å²) in [5.74, 6) is 1.68. The second-order valence-electron chi connectivity index (χ2n) is 6.23. The van der Waals surface area contributed by atoms with Crippen LogP contribution in [0.2, 0.25) is 0 Å². The number of hydrogen-bond donors (Lipinski definition) is 1. The fraction of sp³-hybridized carbons (Fsp3) is 0.667. The van der Waals surface area contributed by atoms with Gasteiger partial charge in [-0.3, -0.25) is 4.90 Å². The molecule has 0 saturated carbocycles. The number of piperidine rings is 1. The highest BCUT2D eigenvalue weighted by Gasteiger charge is 2.32. The normalized spacial score (nSPS) is 26.8. The van der Waals surface area contributed by atoms with Gasteiger partial charge in [0.2, 0.25) is 0 Å². The van der Waals surface area contributed by atoms with Crippen molar-refractivity contribution in [2.75, 3.05) is 20.2 Å². The molecule has 21 heavy (non-hydrogen) atoms. The minimum absolute atomic E-state index is 0.595. The Balaban J connectivity index is 1.99. The summed E-state index contributed by atoms with van der Waals surface area (Å²) in [6.45, 7) is 10.2. The molecule has 3 unspecified atom stereocenters. The van der Waals surface area contributed by atoms with Crippen LogP contribution < -0.4 is 10.1 Å². The van der Waals surface area contributed by atoms with Gasteiger partial charge in [0, 0.05) is 30.7 Å². The number of benzene rings is 1. The average molecular weight is 290 g/mol. The van der Waals surface area contributed by atoms with Crippen LogP contribution in [0.25, 0.3) is 0 Å². The quantitative estimate of drug-likeness (QED) is 0.870. The topological polar surface area (TPSA) is 24.5 Å². The monoisotopic (exact) mass is 290 g/mol. The predicted octanol–water partition coefficient (Wildman–Crippen LogP) is 3.29. The van der Waals surface area contributed by atoms with Crippen molar-refractivity contribution in [1.82, 2.24) is 10.2 Å². The van der Waals surface area contributed by atoms with E-state index in [1.165, 1.54) is 18.4 Å². The number of nitrogens with one attached hydrogen (secondary N) is 1. The molecular formula is C18H30N2O. The van der Waals surface area contributed by atoms with Gasteiger partial charge in [-0.25, -0.2) is 0 Å². The molecule has 2 rings (SSSR count). The lowest BCUT2D eigenvalue weighted by molar-refractivity contribution is 0.0778. The van der Waals surface area contributed by atoms with E-state index in [0.29, 0.717) is 18.0 Å². The van der Waals surface area contributed by atoms with Crippen molar-refractivity contribution < 1.29 is 4.74 Å². The zero-order chi connectivity index (χ0) is 15.2. The summed E-state index contributed by atoms with van der Waals surface area (Å²) in [6, 6.07) is 9.62. The van der Waals surface area contributed by atoms with E-state index >= 15 is 0 Å². The van der Waals surface area contributed by atoms with Gasteiger partial charge in [-0.05, 0) is 38.3 Å². The van der Waals surface area contributed by atoms with Crippen LogP contribution in [0.1, 0.15) is 39.2 Å². The maximum atomic E-state index is 5.48. The first-order chi connectivity index (χ1) is 10.2. The first kappa shape index (κ1) is 16.3. The van der Waals surface area contributed by atoms with Crippen LogP contribution in [0.4, 0.5) is 0 Å². The Labute approximate surface area is 129 Å². The van der Waals surface area contributed by atoms with Gasteiger partial charge in [0.1, 0.15) is 5.75 Å². The third-order valence-electron chi connectivity index (χ3n) is 4.92. The summed E-state index contributed by atoms with van der Waals surface area (Å²) in [5, 5.41) is 3.71. The fourth-order valence-electron chi connectivity index (χ4n) is 3.33. The van der Waals surface area contributed by atoms with E-state index in [-0.39, 0.29) is 0 Å². The smallest absolute Gasteiger partial charge is 0.123 e. The highest BCUT2D eigenvalue weighted by molar-refractivity contribution is 5.33. The molecule has 0 spiro atoms. The number of rotatable bonds is 6. The van der Waals surface area contributed by atoms with Crippen LogP contribution in [0.3, 0.4) is 0 Å². The maximum absolute atomic E-state index is 5.48. The number of nitrogens with zero attached hydrogens (tertiary/aromatic N) is 1. The Morgan fingerprint density at radius 3 is 2.76 bits per heavy atom. The molecule has 1 fully saturated rings. The van der Waals surface area contributed by atoms with Crippen molar-refractivity contribution in [3.05, 3.63) is 29.8 Å². The molecule has 1 N–H and O–H groups in total. The van der Waals surface area contributed by atoms with Crippen LogP contribution in [-0.4, -0.2) is 37.2 Å². The van der Waals surface area contributed by atoms with Gasteiger partial charge in [0.05, 0.1) is 7.11 Å². The van der Waals surface area contributed by atoms with Gasteiger partial charge in [0.25, 0.3) is 0 Å². The Morgan fingerprint density at radius 2 is 2.05 bits per heavy atom. The number of methoxy groups -OCH3 is 1. The van der Waals surface area contributed by atoms with Crippen LogP contribution in [0, 0.1) is 5.92 Å². The van der Waals surface area contributed by atoms with Crippen molar-refractivity contribution in [3.8, 4) is 5.75 Å². The zero-order valence-corrected chi connectivity index (χ0v) is 13.9. The van der Waals surface area contributed by atoms with E-state index in [4.69, 9.17) is 4.74 Å². The second kappa shape index (κ2) is 7.81. The van der Waals surface area contributed by atoms with Crippen LogP contribution >= 0.6 is 0 Å². The Kier molecular flexibility index (Phi) is 6.07. The molecule has 3 atom stereocenters. The first-order valence-electron chi connectivity index (χ1n) is 8.26. The van der Waals surface area contributed by atoms with E-state index in [2.05, 4.69) is 49.2 Å². The summed E-state index contributed by atoms with van der Waals surface area (Å²) in [6.07, 6.45) is 2.45. The van der Waals surface area contributed by atoms with Gasteiger partial charge in [-0.2, -0.15) is 0 Å². The lowest BCUT2D eigenvalue weighted by atomic mass is 9.86. The van der Waals surface area contributed by atoms with Gasteiger partial charge in [-0.15, -0.1) is 0 Å². The minimum Gasteiger partial charge on any atom is -0.496 e. The molecule has 0 radical (unpaired) electrons. The Morgan fingerprint density at radius 1 is 1.29 bits per heavy atom. The Hall–Kier alpha value is -1.06. The van der Waals surface area contributed by atoms with Crippen molar-refractivity contribution in [2.45, 2.75) is 52.2 Å². The Bertz CT molecular complexity index is 435. The second-order valence-corrected chi connectivity index (χ2v) is 6.23. The van der Waals surface area contributed by atoms with Crippen molar-refractivity contribution in [2.24, 2.45) is 5.92 Å². The van der Waals surface area contributed by atoms with E-state index < -0.39 is 0 Å². The third-order valence-corrected chi connectivity index (χ3v) is 4.92. The van der Waals surface area contributed by atoms with Crippen molar-refractivity contribution in [3.63, 3.8) is 0 Å². The molecule has 1 saturated heterocycles. The molecule has 118 valence electrons. The number of ether oxygens (including phenoxy) is 1. The molecule has 1 heterocycles. The van der Waals surface area contributed by atoms with Gasteiger partial charge < -0.3 is 10.1 Å². The van der Waals surface area contributed by atoms with E-state index in [0.717, 1.165) is 25.4 Å². The fourth-order valence-corrected chi connectivity index (χ4v) is 3.33. The molecule has 0 aromatic heterocycles. The molecule has 0 aliphatic carbocycles. The van der Waals surface area contributed by atoms with Crippen LogP contribution in [-0.2, 0) is 6.54 Å². The molecule has 3 nitrogen and oxygen atoms in total. The van der Waals surface area contributed by atoms with Gasteiger partial charge in [0.15, 0.2) is 0 Å². The molecule has 1 aromatic carbocycles. The number of likely N-dealkylation sites (tertiary alicyclic amines) is 1. The molecule has 1 aromatic rings. The molecule has 1 aliphatic rings. The highest BCUT2D eigenvalue weighted by atomic mass is 16.5. The van der Waals surface area contributed by atoms with E-state index in [9.17, 15) is 0 Å². The summed E-state index contributed by atoms with van der Waals surface area (Å²) >= 11 is 0. The predicted molar refractivity (Wildman–Crippen MR) is 88.7 cm³/mol. The molecule has 0 amide bonds. The molecule has 1 aliphatic heterocycles. The van der Waals surface area contributed by atoms with Crippen molar-refractivity contribution in [1.29, 1.82) is 0 Å². The molecular weight excluding hydrogens is 260 g/mol. The number of para-hydroxylation sites is 1. The average Bonchev–Trinajstić information content (AvgIpc) is 2.51. The van der Waals surface area contributed by atoms with Gasteiger partial charge in [-0.1, -0.05) is 32.0 Å². The van der Waals surface area contributed by atoms with E-state index in [1.807, 2.05) is 6.07 Å². The van der Waals surface area contributed by atoms with E-state index in [1.54, 1.807) is 7.11 Å². The summed E-state index contributed by atoms with van der Waals surface area (Å²) < 4.78 is 5.48. The zero-order valence-electron chi connectivity index (χ0n) is 13.9. The SMILES string of the molecule is CCCNC1CCN(Cc2ccccc2OC)C(C)C1C. The van der Waals surface area contributed by atoms with Gasteiger partial charge >= 0.3 is 0 Å². The van der Waals surface area contributed by atoms with Crippen LogP contribution in [0.15, 0.2) is 24.3 Å². The van der Waals surface area contributed by atoms with Crippen molar-refractivity contribution >= 4 is 0 Å². The summed E-state index contributed by atoms with van der Waals surface area (Å²) in [7, 11) is 1.76. The lowest BCUT2D eigenvalue weighted by Gasteiger charge is -2.43. The summed E-state index contributed by atoms with van der Waals surface area (Å²) in [5.41, 5.74) is 1.29. The standard InChI is InChI=1S/C18H30N2O/c1-5-11-19-17-10-12-20(15(3)14(17)2)13-16-8-6-7-9-18(16)21-4/h6-9,14-15,17,19H,5,10-13H2,1-4H3. The lowest BCUT2D eigenvalue weighted by Crippen LogP contribution is -2.53. The molecule has 3 heteroatoms. The largest absolute Gasteiger partial charge is 0.496 e. The summed E-state index contributed by atoms with van der Waals surface area (Å²) in [4.78, 5) is 2.59. The molecule has 0 bridgehead atoms. The highest BCUT2D eigenvalue weighted by Crippen LogP contribution is 2.27.